The van der Waals surface area contributed by atoms with Gasteiger partial charge in [0.15, 0.2) is 0 Å². The number of anilines is 1. The highest BCUT2D eigenvalue weighted by Crippen LogP contribution is 2.28. The number of nitro groups is 2. The smallest absolute Gasteiger partial charge is 0.271 e. The molecule has 3 aromatic rings. The molecule has 0 aliphatic heterocycles. The molecular weight excluding hydrogens is 442 g/mol. The van der Waals surface area contributed by atoms with Crippen molar-refractivity contribution in [3.8, 4) is 23.6 Å². The number of carbonyl (C=O) groups excluding carboxylic acids is 1. The van der Waals surface area contributed by atoms with E-state index in [2.05, 4.69) is 5.32 Å². The highest BCUT2D eigenvalue weighted by Gasteiger charge is 2.14. The zero-order chi connectivity index (χ0) is 24.7. The third kappa shape index (κ3) is 5.57. The first-order chi connectivity index (χ1) is 16.3. The van der Waals surface area contributed by atoms with E-state index in [0.29, 0.717) is 11.3 Å². The molecule has 1 N–H and O–H groups in total. The van der Waals surface area contributed by atoms with Gasteiger partial charge in [-0.05, 0) is 35.9 Å². The molecular formula is C23H13N5O6. The van der Waals surface area contributed by atoms with Crippen LogP contribution in [-0.4, -0.2) is 15.8 Å². The van der Waals surface area contributed by atoms with Gasteiger partial charge in [0.1, 0.15) is 34.8 Å². The number of nitro benzene ring substituents is 2. The second-order valence-electron chi connectivity index (χ2n) is 6.65. The Labute approximate surface area is 192 Å². The van der Waals surface area contributed by atoms with Gasteiger partial charge >= 0.3 is 0 Å². The van der Waals surface area contributed by atoms with Gasteiger partial charge in [0, 0.05) is 30.0 Å². The minimum absolute atomic E-state index is 0.0113. The molecule has 0 atom stereocenters. The molecule has 3 aromatic carbocycles. The Balaban J connectivity index is 1.75. The van der Waals surface area contributed by atoms with E-state index in [1.54, 1.807) is 18.2 Å². The summed E-state index contributed by atoms with van der Waals surface area (Å²) in [5.41, 5.74) is -0.0342. The Morgan fingerprint density at radius 3 is 2.24 bits per heavy atom. The topological polar surface area (TPSA) is 172 Å². The van der Waals surface area contributed by atoms with Crippen LogP contribution in [0.1, 0.15) is 11.1 Å². The Hall–Kier alpha value is -5.55. The number of carbonyl (C=O) groups is 1. The highest BCUT2D eigenvalue weighted by molar-refractivity contribution is 6.09. The van der Waals surface area contributed by atoms with Crippen molar-refractivity contribution in [3.63, 3.8) is 0 Å². The van der Waals surface area contributed by atoms with Crippen LogP contribution >= 0.6 is 0 Å². The molecule has 0 saturated heterocycles. The second-order valence-corrected chi connectivity index (χ2v) is 6.65. The molecule has 11 nitrogen and oxygen atoms in total. The average molecular weight is 455 g/mol. The lowest BCUT2D eigenvalue weighted by Crippen LogP contribution is -2.13. The molecule has 0 aromatic heterocycles. The van der Waals surface area contributed by atoms with E-state index in [9.17, 15) is 35.5 Å². The van der Waals surface area contributed by atoms with Crippen molar-refractivity contribution in [1.29, 1.82) is 10.5 Å². The van der Waals surface area contributed by atoms with Gasteiger partial charge in [-0.2, -0.15) is 10.5 Å². The summed E-state index contributed by atoms with van der Waals surface area (Å²) < 4.78 is 5.61. The van der Waals surface area contributed by atoms with Crippen LogP contribution in [0.25, 0.3) is 6.08 Å². The fraction of sp³-hybridized carbons (Fsp3) is 0. The maximum Gasteiger partial charge on any atom is 0.271 e. The highest BCUT2D eigenvalue weighted by atomic mass is 16.6. The number of nitriles is 2. The van der Waals surface area contributed by atoms with Crippen LogP contribution < -0.4 is 10.1 Å². The molecule has 0 radical (unpaired) electrons. The number of nitrogens with one attached hydrogen (secondary N) is 1. The van der Waals surface area contributed by atoms with E-state index >= 15 is 0 Å². The first kappa shape index (κ1) is 23.1. The molecule has 0 aliphatic rings. The monoisotopic (exact) mass is 455 g/mol. The molecule has 0 spiro atoms. The Morgan fingerprint density at radius 1 is 0.941 bits per heavy atom. The quantitative estimate of drug-likeness (QED) is 0.231. The lowest BCUT2D eigenvalue weighted by Gasteiger charge is -2.08. The number of ether oxygens (including phenoxy) is 1. The van der Waals surface area contributed by atoms with Crippen molar-refractivity contribution >= 4 is 29.0 Å². The lowest BCUT2D eigenvalue weighted by molar-refractivity contribution is -0.385. The predicted octanol–water partition coefficient (Wildman–Crippen LogP) is 4.71. The molecule has 0 unspecified atom stereocenters. The number of hydrogen-bond donors (Lipinski definition) is 1. The van der Waals surface area contributed by atoms with Gasteiger partial charge in [-0.1, -0.05) is 18.2 Å². The van der Waals surface area contributed by atoms with Crippen LogP contribution in [0.2, 0.25) is 0 Å². The number of non-ortho nitro benzene ring substituents is 2. The standard InChI is InChI=1S/C23H13N5O6/c24-13-16-11-20(28(32)33)6-9-22(16)34-21-7-4-15(5-8-21)10-17(14-25)23(29)26-18-2-1-3-19(12-18)27(30)31/h1-12H,(H,26,29)/b17-10+. The van der Waals surface area contributed by atoms with Crippen LogP contribution in [0.5, 0.6) is 11.5 Å². The molecule has 0 fully saturated rings. The van der Waals surface area contributed by atoms with E-state index in [1.165, 1.54) is 54.6 Å². The van der Waals surface area contributed by atoms with Crippen LogP contribution in [0, 0.1) is 42.9 Å². The molecule has 0 aliphatic carbocycles. The van der Waals surface area contributed by atoms with Crippen molar-refractivity contribution in [1.82, 2.24) is 0 Å². The zero-order valence-corrected chi connectivity index (χ0v) is 17.2. The summed E-state index contributed by atoms with van der Waals surface area (Å²) in [4.78, 5) is 32.9. The van der Waals surface area contributed by atoms with Gasteiger partial charge in [-0.15, -0.1) is 0 Å². The van der Waals surface area contributed by atoms with Crippen molar-refractivity contribution in [2.75, 3.05) is 5.32 Å². The molecule has 3 rings (SSSR count). The van der Waals surface area contributed by atoms with Gasteiger partial charge in [0.2, 0.25) is 0 Å². The SMILES string of the molecule is N#C/C(=C\c1ccc(Oc2ccc([N+](=O)[O-])cc2C#N)cc1)C(=O)Nc1cccc([N+](=O)[O-])c1. The fourth-order valence-corrected chi connectivity index (χ4v) is 2.78. The molecule has 0 heterocycles. The Morgan fingerprint density at radius 2 is 1.62 bits per heavy atom. The van der Waals surface area contributed by atoms with E-state index in [0.717, 1.165) is 6.07 Å². The largest absolute Gasteiger partial charge is 0.456 e. The van der Waals surface area contributed by atoms with Crippen LogP contribution in [0.15, 0.2) is 72.3 Å². The van der Waals surface area contributed by atoms with Gasteiger partial charge < -0.3 is 10.1 Å². The zero-order valence-electron chi connectivity index (χ0n) is 17.2. The van der Waals surface area contributed by atoms with Crippen LogP contribution in [-0.2, 0) is 4.79 Å². The summed E-state index contributed by atoms with van der Waals surface area (Å²) in [5.74, 6) is -0.291. The maximum atomic E-state index is 12.4. The first-order valence-corrected chi connectivity index (χ1v) is 9.45. The Bertz CT molecular complexity index is 1400. The molecule has 34 heavy (non-hydrogen) atoms. The third-order valence-electron chi connectivity index (χ3n) is 4.39. The van der Waals surface area contributed by atoms with Gasteiger partial charge in [-0.3, -0.25) is 25.0 Å². The van der Waals surface area contributed by atoms with Crippen LogP contribution in [0.3, 0.4) is 0 Å². The number of rotatable bonds is 7. The van der Waals surface area contributed by atoms with Gasteiger partial charge in [0.25, 0.3) is 17.3 Å². The number of amides is 1. The number of benzene rings is 3. The number of hydrogen-bond acceptors (Lipinski definition) is 8. The van der Waals surface area contributed by atoms with Crippen molar-refractivity contribution < 1.29 is 19.4 Å². The molecule has 166 valence electrons. The van der Waals surface area contributed by atoms with Crippen molar-refractivity contribution in [2.24, 2.45) is 0 Å². The van der Waals surface area contributed by atoms with E-state index in [4.69, 9.17) is 4.74 Å². The van der Waals surface area contributed by atoms with E-state index < -0.39 is 15.8 Å². The average Bonchev–Trinajstić information content (AvgIpc) is 2.83. The molecule has 11 heteroatoms. The lowest BCUT2D eigenvalue weighted by atomic mass is 10.1. The molecule has 0 saturated carbocycles. The fourth-order valence-electron chi connectivity index (χ4n) is 2.78. The molecule has 0 bridgehead atoms. The minimum Gasteiger partial charge on any atom is -0.456 e. The van der Waals surface area contributed by atoms with Crippen molar-refractivity contribution in [2.45, 2.75) is 0 Å². The number of nitrogens with zero attached hydrogens (tertiary/aromatic N) is 4. The Kier molecular flexibility index (Phi) is 6.92. The van der Waals surface area contributed by atoms with Crippen molar-refractivity contribution in [3.05, 3.63) is 104 Å². The van der Waals surface area contributed by atoms with Crippen LogP contribution in [0.4, 0.5) is 17.1 Å². The maximum absolute atomic E-state index is 12.4. The predicted molar refractivity (Wildman–Crippen MR) is 120 cm³/mol. The van der Waals surface area contributed by atoms with Gasteiger partial charge in [0.05, 0.1) is 9.85 Å². The minimum atomic E-state index is -0.743. The normalized spacial score (nSPS) is 10.5. The first-order valence-electron chi connectivity index (χ1n) is 9.45. The summed E-state index contributed by atoms with van der Waals surface area (Å²) >= 11 is 0. The summed E-state index contributed by atoms with van der Waals surface area (Å²) in [6.07, 6.45) is 1.32. The summed E-state index contributed by atoms with van der Waals surface area (Å²) in [7, 11) is 0. The summed E-state index contributed by atoms with van der Waals surface area (Å²) in [6, 6.07) is 18.8. The van der Waals surface area contributed by atoms with E-state index in [1.807, 2.05) is 6.07 Å². The summed E-state index contributed by atoms with van der Waals surface area (Å²) in [5, 5.41) is 42.7. The molecule has 1 amide bonds. The second kappa shape index (κ2) is 10.2. The van der Waals surface area contributed by atoms with Gasteiger partial charge in [-0.25, -0.2) is 0 Å². The summed E-state index contributed by atoms with van der Waals surface area (Å²) in [6.45, 7) is 0. The third-order valence-corrected chi connectivity index (χ3v) is 4.39. The van der Waals surface area contributed by atoms with E-state index in [-0.39, 0.29) is 33.9 Å².